The van der Waals surface area contributed by atoms with E-state index in [1.807, 2.05) is 0 Å². The van der Waals surface area contributed by atoms with Gasteiger partial charge in [-0.3, -0.25) is 0 Å². The molecule has 2 heterocycles. The molecule has 30 heavy (non-hydrogen) atoms. The molecule has 0 bridgehead atoms. The lowest BCUT2D eigenvalue weighted by Crippen LogP contribution is -2.68. The number of hydrogen-bond donors (Lipinski definition) is 0. The molecule has 2 aromatic carbocycles. The van der Waals surface area contributed by atoms with Crippen LogP contribution in [0.3, 0.4) is 0 Å². The van der Waals surface area contributed by atoms with Crippen molar-refractivity contribution in [3.8, 4) is 11.8 Å². The van der Waals surface area contributed by atoms with E-state index in [2.05, 4.69) is 89.8 Å². The molecule has 1 aliphatic heterocycles. The predicted octanol–water partition coefficient (Wildman–Crippen LogP) is 0.278. The van der Waals surface area contributed by atoms with Crippen LogP contribution in [0.4, 0.5) is 5.69 Å². The number of anilines is 1. The van der Waals surface area contributed by atoms with Gasteiger partial charge in [-0.1, -0.05) is 53.3 Å². The Hall–Kier alpha value is -2.09. The van der Waals surface area contributed by atoms with Gasteiger partial charge in [-0.05, 0) is 32.0 Å². The van der Waals surface area contributed by atoms with E-state index in [1.165, 1.54) is 25.8 Å². The van der Waals surface area contributed by atoms with Crippen LogP contribution in [0.25, 0.3) is 10.2 Å². The highest BCUT2D eigenvalue weighted by atomic mass is 35.7. The van der Waals surface area contributed by atoms with E-state index in [0.29, 0.717) is 0 Å². The molecule has 3 aromatic rings. The van der Waals surface area contributed by atoms with Crippen molar-refractivity contribution >= 4 is 39.0 Å². The fourth-order valence-corrected chi connectivity index (χ4v) is 5.28. The summed E-state index contributed by atoms with van der Waals surface area (Å²) in [6.45, 7) is 6.24. The summed E-state index contributed by atoms with van der Waals surface area (Å²) in [7, 11) is -4.94. The number of benzene rings is 2. The Morgan fingerprint density at radius 3 is 2.40 bits per heavy atom. The zero-order chi connectivity index (χ0) is 21.7. The lowest BCUT2D eigenvalue weighted by Gasteiger charge is -2.17. The van der Waals surface area contributed by atoms with E-state index >= 15 is 0 Å². The van der Waals surface area contributed by atoms with Crippen LogP contribution in [-0.4, -0.2) is 6.54 Å². The van der Waals surface area contributed by atoms with Crippen molar-refractivity contribution in [1.82, 2.24) is 0 Å². The molecule has 0 radical (unpaired) electrons. The first-order valence-corrected chi connectivity index (χ1v) is 12.0. The van der Waals surface area contributed by atoms with Crippen molar-refractivity contribution in [2.24, 2.45) is 0 Å². The number of aryl methyl sites for hydroxylation is 1. The molecule has 1 aromatic heterocycles. The van der Waals surface area contributed by atoms with Gasteiger partial charge in [-0.2, -0.15) is 4.57 Å². The van der Waals surface area contributed by atoms with E-state index in [-0.39, 0.29) is 0 Å². The Balaban J connectivity index is 0.000000461. The van der Waals surface area contributed by atoms with E-state index in [0.717, 1.165) is 18.1 Å². The largest absolute Gasteiger partial charge is 0.335 e. The molecule has 1 aliphatic rings. The van der Waals surface area contributed by atoms with Crippen molar-refractivity contribution in [3.63, 3.8) is 0 Å². The van der Waals surface area contributed by atoms with Crippen LogP contribution in [0, 0.1) is 22.1 Å². The van der Waals surface area contributed by atoms with Crippen molar-refractivity contribution in [3.05, 3.63) is 64.6 Å². The molecular formula is C21H19ClN2O4S2. The maximum Gasteiger partial charge on any atom is 0.315 e. The number of thiazole rings is 1. The Morgan fingerprint density at radius 1 is 1.03 bits per heavy atom. The second kappa shape index (κ2) is 9.81. The standard InChI is InChI=1S/C21H19N2S2.ClHO4/c1-3-22-16-10-5-7-12-18(16)24-20(22)14-9-15-21-23(4-2)17-11-6-8-13-19(17)25-21;2-1(3,4)5/h5-8,10-14H,3-4H2,1-2H3;(H,2,3,4,5)/q+1;/p-1. The second-order valence-electron chi connectivity index (χ2n) is 6.06. The minimum absolute atomic E-state index is 0.936. The molecule has 0 aliphatic carbocycles. The summed E-state index contributed by atoms with van der Waals surface area (Å²) >= 11 is 3.56. The first kappa shape index (κ1) is 22.6. The topological polar surface area (TPSA) is 99.4 Å². The summed E-state index contributed by atoms with van der Waals surface area (Å²) in [6.07, 6.45) is 2.05. The number of fused-ring (bicyclic) bond motifs is 2. The highest BCUT2D eigenvalue weighted by molar-refractivity contribution is 8.03. The first-order valence-electron chi connectivity index (χ1n) is 9.11. The van der Waals surface area contributed by atoms with Crippen molar-refractivity contribution in [1.29, 1.82) is 0 Å². The van der Waals surface area contributed by atoms with Crippen LogP contribution in [0.2, 0.25) is 0 Å². The minimum Gasteiger partial charge on any atom is -0.335 e. The van der Waals surface area contributed by atoms with Crippen molar-refractivity contribution in [2.75, 3.05) is 11.4 Å². The molecule has 0 spiro atoms. The van der Waals surface area contributed by atoms with Gasteiger partial charge in [0.2, 0.25) is 5.52 Å². The van der Waals surface area contributed by atoms with E-state index in [1.54, 1.807) is 23.1 Å². The predicted molar refractivity (Wildman–Crippen MR) is 108 cm³/mol. The smallest absolute Gasteiger partial charge is 0.315 e. The zero-order valence-corrected chi connectivity index (χ0v) is 18.7. The summed E-state index contributed by atoms with van der Waals surface area (Å²) in [5.41, 5.74) is 2.55. The Labute approximate surface area is 185 Å². The molecule has 0 N–H and O–H groups in total. The normalized spacial score (nSPS) is 14.2. The Morgan fingerprint density at radius 2 is 1.70 bits per heavy atom. The fraction of sp³-hybridized carbons (Fsp3) is 0.190. The third kappa shape index (κ3) is 5.53. The number of para-hydroxylation sites is 2. The fourth-order valence-electron chi connectivity index (χ4n) is 3.09. The zero-order valence-electron chi connectivity index (χ0n) is 16.3. The van der Waals surface area contributed by atoms with E-state index in [9.17, 15) is 0 Å². The van der Waals surface area contributed by atoms with Crippen molar-refractivity contribution < 1.29 is 33.4 Å². The molecule has 0 atom stereocenters. The number of halogens is 1. The minimum atomic E-state index is -4.94. The molecule has 0 saturated carbocycles. The maximum atomic E-state index is 8.49. The molecule has 0 amide bonds. The van der Waals surface area contributed by atoms with Gasteiger partial charge in [0.05, 0.1) is 10.7 Å². The van der Waals surface area contributed by atoms with Gasteiger partial charge >= 0.3 is 5.01 Å². The van der Waals surface area contributed by atoms with Gasteiger partial charge in [0.15, 0.2) is 0 Å². The molecule has 9 heteroatoms. The summed E-state index contributed by atoms with van der Waals surface area (Å²) < 4.78 is 37.6. The van der Waals surface area contributed by atoms with Crippen molar-refractivity contribution in [2.45, 2.75) is 25.3 Å². The molecule has 0 fully saturated rings. The molecule has 0 unspecified atom stereocenters. The van der Waals surface area contributed by atoms with Crippen LogP contribution in [0.15, 0.2) is 64.5 Å². The van der Waals surface area contributed by atoms with Gasteiger partial charge in [-0.25, -0.2) is 18.6 Å². The summed E-state index contributed by atoms with van der Waals surface area (Å²) in [5, 5.41) is 2.32. The van der Waals surface area contributed by atoms with Crippen LogP contribution in [-0.2, 0) is 6.54 Å². The lowest BCUT2D eigenvalue weighted by molar-refractivity contribution is -2.00. The second-order valence-corrected chi connectivity index (χ2v) is 8.91. The number of hydrogen-bond acceptors (Lipinski definition) is 7. The highest BCUT2D eigenvalue weighted by Gasteiger charge is 2.22. The van der Waals surface area contributed by atoms with Crippen LogP contribution >= 0.6 is 23.1 Å². The van der Waals surface area contributed by atoms with Gasteiger partial charge in [-0.15, -0.1) is 10.2 Å². The maximum absolute atomic E-state index is 8.49. The Kier molecular flexibility index (Phi) is 7.39. The average Bonchev–Trinajstić information content (AvgIpc) is 3.23. The number of nitrogens with zero attached hydrogens (tertiary/aromatic N) is 2. The molecule has 0 saturated heterocycles. The summed E-state index contributed by atoms with van der Waals surface area (Å²) in [4.78, 5) is 3.64. The summed E-state index contributed by atoms with van der Waals surface area (Å²) in [6, 6.07) is 17.0. The number of aromatic nitrogens is 1. The van der Waals surface area contributed by atoms with Crippen LogP contribution < -0.4 is 28.1 Å². The first-order chi connectivity index (χ1) is 14.3. The number of rotatable bonds is 2. The van der Waals surface area contributed by atoms with Gasteiger partial charge in [0, 0.05) is 29.5 Å². The van der Waals surface area contributed by atoms with Gasteiger partial charge in [0.1, 0.15) is 11.2 Å². The van der Waals surface area contributed by atoms with Gasteiger partial charge in [0.25, 0.3) is 0 Å². The summed E-state index contributed by atoms with van der Waals surface area (Å²) in [5.74, 6) is 6.66. The highest BCUT2D eigenvalue weighted by Crippen LogP contribution is 2.45. The third-order valence-corrected chi connectivity index (χ3v) is 6.45. The van der Waals surface area contributed by atoms with Crippen LogP contribution in [0.1, 0.15) is 18.9 Å². The lowest BCUT2D eigenvalue weighted by atomic mass is 10.3. The molecule has 4 rings (SSSR count). The SMILES string of the molecule is CCN1/C(=C\C#Cc2sc3ccccc3[n+]2CC)Sc2ccccc21.[O-][Cl+3]([O-])([O-])[O-]. The van der Waals surface area contributed by atoms with Gasteiger partial charge < -0.3 is 4.90 Å². The third-order valence-electron chi connectivity index (χ3n) is 4.25. The van der Waals surface area contributed by atoms with E-state index < -0.39 is 10.2 Å². The van der Waals surface area contributed by atoms with Crippen LogP contribution in [0.5, 0.6) is 0 Å². The Bertz CT molecular complexity index is 1120. The molecule has 6 nitrogen and oxygen atoms in total. The quantitative estimate of drug-likeness (QED) is 0.400. The number of thioether (sulfide) groups is 1. The molecular weight excluding hydrogens is 444 g/mol. The van der Waals surface area contributed by atoms with E-state index in [4.69, 9.17) is 18.6 Å². The monoisotopic (exact) mass is 462 g/mol. The average molecular weight is 463 g/mol. The number of allylic oxidation sites excluding steroid dienone is 1. The molecule has 156 valence electrons.